The predicted octanol–water partition coefficient (Wildman–Crippen LogP) is 0.625. The van der Waals surface area contributed by atoms with Crippen LogP contribution in [-0.2, 0) is 0 Å². The van der Waals surface area contributed by atoms with Crippen molar-refractivity contribution in [2.75, 3.05) is 13.1 Å². The number of urea groups is 1. The molecule has 0 atom stereocenters. The second-order valence-electron chi connectivity index (χ2n) is 2.07. The van der Waals surface area contributed by atoms with Gasteiger partial charge in [-0.3, -0.25) is 0 Å². The molecule has 0 aromatic rings. The molecule has 0 aliphatic carbocycles. The van der Waals surface area contributed by atoms with Crippen molar-refractivity contribution in [3.05, 3.63) is 25.0 Å². The summed E-state index contributed by atoms with van der Waals surface area (Å²) in [5.74, 6) is -0.0920. The molecule has 0 rings (SSSR count). The van der Waals surface area contributed by atoms with Crippen LogP contribution in [0.1, 0.15) is 0 Å². The monoisotopic (exact) mass is 156 g/mol. The number of nitrogens with zero attached hydrogens (tertiary/aromatic N) is 1. The van der Waals surface area contributed by atoms with Gasteiger partial charge in [0, 0.05) is 6.54 Å². The minimum Gasteiger partial charge on any atom is -0.511 e. The highest BCUT2D eigenvalue weighted by Gasteiger charge is 2.07. The van der Waals surface area contributed by atoms with Gasteiger partial charge in [-0.25, -0.2) is 4.79 Å². The van der Waals surface area contributed by atoms with Gasteiger partial charge in [0.2, 0.25) is 0 Å². The third-order valence-corrected chi connectivity index (χ3v) is 1.03. The largest absolute Gasteiger partial charge is 0.511 e. The molecule has 62 valence electrons. The quantitative estimate of drug-likeness (QED) is 0.463. The van der Waals surface area contributed by atoms with Crippen LogP contribution in [0.25, 0.3) is 0 Å². The number of carbonyl (C=O) groups excluding carboxylic acids is 1. The Balaban J connectivity index is 3.99. The van der Waals surface area contributed by atoms with E-state index in [1.54, 1.807) is 0 Å². The van der Waals surface area contributed by atoms with Crippen LogP contribution in [0.5, 0.6) is 0 Å². The molecule has 0 saturated heterocycles. The molecule has 4 nitrogen and oxygen atoms in total. The molecule has 0 heterocycles. The molecule has 0 aromatic carbocycles. The van der Waals surface area contributed by atoms with Crippen LogP contribution >= 0.6 is 0 Å². The van der Waals surface area contributed by atoms with Crippen LogP contribution in [0.2, 0.25) is 0 Å². The Kier molecular flexibility index (Phi) is 3.80. The Morgan fingerprint density at radius 1 is 1.73 bits per heavy atom. The van der Waals surface area contributed by atoms with Crippen molar-refractivity contribution in [1.29, 1.82) is 0 Å². The van der Waals surface area contributed by atoms with Crippen molar-refractivity contribution < 1.29 is 9.90 Å². The van der Waals surface area contributed by atoms with Gasteiger partial charge in [0.05, 0.1) is 6.54 Å². The minimum atomic E-state index is -0.597. The van der Waals surface area contributed by atoms with E-state index in [1.165, 1.54) is 11.0 Å². The molecule has 0 radical (unpaired) electrons. The van der Waals surface area contributed by atoms with Gasteiger partial charge in [-0.1, -0.05) is 12.7 Å². The third kappa shape index (κ3) is 4.02. The smallest absolute Gasteiger partial charge is 0.315 e. The number of aliphatic hydroxyl groups is 1. The van der Waals surface area contributed by atoms with E-state index in [0.717, 1.165) is 0 Å². The number of rotatable bonds is 4. The van der Waals surface area contributed by atoms with Gasteiger partial charge in [0.1, 0.15) is 5.76 Å². The molecule has 0 saturated carbocycles. The van der Waals surface area contributed by atoms with E-state index in [9.17, 15) is 4.79 Å². The van der Waals surface area contributed by atoms with Crippen molar-refractivity contribution in [3.63, 3.8) is 0 Å². The molecule has 0 aliphatic heterocycles. The lowest BCUT2D eigenvalue weighted by Gasteiger charge is -2.16. The highest BCUT2D eigenvalue weighted by Crippen LogP contribution is 1.92. The van der Waals surface area contributed by atoms with Gasteiger partial charge in [-0.2, -0.15) is 0 Å². The van der Waals surface area contributed by atoms with E-state index in [1.807, 2.05) is 0 Å². The van der Waals surface area contributed by atoms with Crippen molar-refractivity contribution in [2.45, 2.75) is 0 Å². The minimum absolute atomic E-state index is 0.0569. The number of nitrogens with two attached hydrogens (primary N) is 1. The summed E-state index contributed by atoms with van der Waals surface area (Å²) >= 11 is 0. The molecule has 2 amide bonds. The fourth-order valence-corrected chi connectivity index (χ4v) is 0.609. The van der Waals surface area contributed by atoms with E-state index >= 15 is 0 Å². The number of amides is 2. The molecule has 0 fully saturated rings. The molecule has 0 spiro atoms. The molecule has 0 unspecified atom stereocenters. The SMILES string of the molecule is C=CCN(CC(=C)O)C(N)=O. The third-order valence-electron chi connectivity index (χ3n) is 1.03. The standard InChI is InChI=1S/C7H12N2O2/c1-3-4-9(7(8)11)5-6(2)10/h3,10H,1-2,4-5H2,(H2,8,11). The predicted molar refractivity (Wildman–Crippen MR) is 43.1 cm³/mol. The number of aliphatic hydroxyl groups excluding tert-OH is 1. The second-order valence-corrected chi connectivity index (χ2v) is 2.07. The summed E-state index contributed by atoms with van der Waals surface area (Å²) in [7, 11) is 0. The van der Waals surface area contributed by atoms with Crippen LogP contribution in [0.15, 0.2) is 25.0 Å². The van der Waals surface area contributed by atoms with Gasteiger partial charge >= 0.3 is 6.03 Å². The Labute approximate surface area is 65.6 Å². The molecule has 0 bridgehead atoms. The van der Waals surface area contributed by atoms with Gasteiger partial charge in [0.25, 0.3) is 0 Å². The van der Waals surface area contributed by atoms with Gasteiger partial charge in [0.15, 0.2) is 0 Å². The first-order valence-corrected chi connectivity index (χ1v) is 3.10. The van der Waals surface area contributed by atoms with E-state index in [2.05, 4.69) is 13.2 Å². The van der Waals surface area contributed by atoms with Crippen molar-refractivity contribution in [2.24, 2.45) is 5.73 Å². The topological polar surface area (TPSA) is 66.6 Å². The molecule has 0 aromatic heterocycles. The molecule has 0 aliphatic rings. The van der Waals surface area contributed by atoms with E-state index in [0.29, 0.717) is 6.54 Å². The summed E-state index contributed by atoms with van der Waals surface area (Å²) in [5, 5.41) is 8.72. The van der Waals surface area contributed by atoms with Gasteiger partial charge < -0.3 is 15.7 Å². The van der Waals surface area contributed by atoms with Gasteiger partial charge in [-0.15, -0.1) is 6.58 Å². The second kappa shape index (κ2) is 4.38. The van der Waals surface area contributed by atoms with E-state index in [-0.39, 0.29) is 12.3 Å². The molecule has 4 heteroatoms. The Bertz CT molecular complexity index is 177. The van der Waals surface area contributed by atoms with Crippen LogP contribution in [-0.4, -0.2) is 29.1 Å². The first kappa shape index (κ1) is 9.55. The Morgan fingerprint density at radius 3 is 2.55 bits per heavy atom. The number of primary amides is 1. The van der Waals surface area contributed by atoms with E-state index in [4.69, 9.17) is 10.8 Å². The highest BCUT2D eigenvalue weighted by molar-refractivity contribution is 5.72. The van der Waals surface area contributed by atoms with Crippen LogP contribution < -0.4 is 5.73 Å². The summed E-state index contributed by atoms with van der Waals surface area (Å²) in [4.78, 5) is 11.8. The summed E-state index contributed by atoms with van der Waals surface area (Å²) in [6.07, 6.45) is 1.52. The van der Waals surface area contributed by atoms with Crippen molar-refractivity contribution >= 4 is 6.03 Å². The Morgan fingerprint density at radius 2 is 2.27 bits per heavy atom. The highest BCUT2D eigenvalue weighted by atomic mass is 16.3. The van der Waals surface area contributed by atoms with Crippen molar-refractivity contribution in [3.8, 4) is 0 Å². The summed E-state index contributed by atoms with van der Waals surface area (Å²) in [5.41, 5.74) is 4.96. The normalized spacial score (nSPS) is 8.73. The summed E-state index contributed by atoms with van der Waals surface area (Å²) in [6, 6.07) is -0.597. The fraction of sp³-hybridized carbons (Fsp3) is 0.286. The zero-order valence-electron chi connectivity index (χ0n) is 6.29. The average molecular weight is 156 g/mol. The van der Waals surface area contributed by atoms with E-state index < -0.39 is 6.03 Å². The molecular formula is C7H12N2O2. The van der Waals surface area contributed by atoms with Crippen LogP contribution in [0.4, 0.5) is 4.79 Å². The number of hydrogen-bond donors (Lipinski definition) is 2. The first-order chi connectivity index (χ1) is 5.07. The van der Waals surface area contributed by atoms with Crippen LogP contribution in [0, 0.1) is 0 Å². The lowest BCUT2D eigenvalue weighted by molar-refractivity contribution is 0.209. The number of hydrogen-bond acceptors (Lipinski definition) is 2. The zero-order valence-corrected chi connectivity index (χ0v) is 6.29. The van der Waals surface area contributed by atoms with Crippen molar-refractivity contribution in [1.82, 2.24) is 4.90 Å². The molecular weight excluding hydrogens is 144 g/mol. The summed E-state index contributed by atoms with van der Waals surface area (Å²) in [6.45, 7) is 7.03. The fourth-order valence-electron chi connectivity index (χ4n) is 0.609. The lowest BCUT2D eigenvalue weighted by atomic mass is 10.4. The Hall–Kier alpha value is -1.45. The maximum absolute atomic E-state index is 10.6. The summed E-state index contributed by atoms with van der Waals surface area (Å²) < 4.78 is 0. The molecule has 11 heavy (non-hydrogen) atoms. The maximum Gasteiger partial charge on any atom is 0.315 e. The lowest BCUT2D eigenvalue weighted by Crippen LogP contribution is -2.37. The van der Waals surface area contributed by atoms with Gasteiger partial charge in [-0.05, 0) is 0 Å². The number of carbonyl (C=O) groups is 1. The first-order valence-electron chi connectivity index (χ1n) is 3.10. The van der Waals surface area contributed by atoms with Crippen LogP contribution in [0.3, 0.4) is 0 Å². The zero-order chi connectivity index (χ0) is 8.85. The average Bonchev–Trinajstić information content (AvgIpc) is 1.86. The molecule has 3 N–H and O–H groups in total. The maximum atomic E-state index is 10.6.